The van der Waals surface area contributed by atoms with Crippen LogP contribution in [0.15, 0.2) is 217 Å². The zero-order valence-electron chi connectivity index (χ0n) is 36.6. The van der Waals surface area contributed by atoms with Crippen LogP contribution < -0.4 is 0 Å². The number of rotatable bonds is 10. The molecule has 6 nitrogen and oxygen atoms in total. The van der Waals surface area contributed by atoms with E-state index in [1.807, 2.05) is 115 Å². The Balaban J connectivity index is 0.00000525. The van der Waals surface area contributed by atoms with Gasteiger partial charge >= 0.3 is 0 Å². The third-order valence-electron chi connectivity index (χ3n) is 12.6. The van der Waals surface area contributed by atoms with Gasteiger partial charge in [-0.05, 0) is 77.5 Å². The smallest absolute Gasteiger partial charge is 0.132 e. The molecule has 323 valence electrons. The Morgan fingerprint density at radius 2 is 0.910 bits per heavy atom. The fourth-order valence-electron chi connectivity index (χ4n) is 9.46. The van der Waals surface area contributed by atoms with Crippen LogP contribution in [0, 0.1) is 0 Å². The molecule has 0 aliphatic rings. The SMILES string of the molecule is Cn1cnc([C@@H](CN=Cc2cc3ccccc3c(-c3c(-c4ccccc4)ccc4ccccc34)c2O)N=Cc2cc3ccccc3c(-c3c(-c4ccccc4)ccc4ccccc34)c2O)c1.[Mn]. The van der Waals surface area contributed by atoms with Gasteiger partial charge in [0.15, 0.2) is 0 Å². The number of fused-ring (bicyclic) bond motifs is 4. The molecule has 67 heavy (non-hydrogen) atoms. The number of phenols is 2. The Labute approximate surface area is 399 Å². The summed E-state index contributed by atoms with van der Waals surface area (Å²) in [5.74, 6) is 0.298. The number of aromatic hydroxyl groups is 2. The third-order valence-corrected chi connectivity index (χ3v) is 12.6. The topological polar surface area (TPSA) is 83.0 Å². The van der Waals surface area contributed by atoms with Crippen LogP contribution in [0.2, 0.25) is 0 Å². The van der Waals surface area contributed by atoms with Gasteiger partial charge in [-0.25, -0.2) is 4.98 Å². The number of aromatic nitrogens is 2. The minimum absolute atomic E-state index is 0. The van der Waals surface area contributed by atoms with Gasteiger partial charge in [0.2, 0.25) is 0 Å². The van der Waals surface area contributed by atoms with Crippen LogP contribution in [0.3, 0.4) is 0 Å². The molecule has 11 rings (SSSR count). The largest absolute Gasteiger partial charge is 0.507 e. The molecule has 0 amide bonds. The van der Waals surface area contributed by atoms with Crippen LogP contribution in [0.1, 0.15) is 22.9 Å². The number of hydrogen-bond donors (Lipinski definition) is 2. The molecule has 11 aromatic rings. The first-order valence-electron chi connectivity index (χ1n) is 22.2. The summed E-state index contributed by atoms with van der Waals surface area (Å²) >= 11 is 0. The van der Waals surface area contributed by atoms with Gasteiger partial charge in [-0.1, -0.05) is 182 Å². The molecule has 0 aliphatic carbocycles. The first-order valence-corrected chi connectivity index (χ1v) is 22.2. The molecule has 1 heterocycles. The molecule has 0 saturated heterocycles. The number of phenolic OH excluding ortho intramolecular Hbond substituents is 2. The van der Waals surface area contributed by atoms with E-state index in [0.29, 0.717) is 11.1 Å². The first kappa shape index (κ1) is 42.8. The Bertz CT molecular complexity index is 3670. The van der Waals surface area contributed by atoms with Crippen molar-refractivity contribution in [3.8, 4) is 56.0 Å². The van der Waals surface area contributed by atoms with Gasteiger partial charge in [0.1, 0.15) is 17.5 Å². The molecule has 0 saturated carbocycles. The second-order valence-electron chi connectivity index (χ2n) is 16.7. The number of hydrogen-bond acceptors (Lipinski definition) is 5. The maximum absolute atomic E-state index is 12.5. The van der Waals surface area contributed by atoms with Gasteiger partial charge in [0, 0.05) is 76.1 Å². The van der Waals surface area contributed by atoms with Crippen molar-refractivity contribution in [2.24, 2.45) is 17.0 Å². The molecule has 0 unspecified atom stereocenters. The molecule has 0 bridgehead atoms. The van der Waals surface area contributed by atoms with Crippen molar-refractivity contribution in [3.63, 3.8) is 0 Å². The van der Waals surface area contributed by atoms with Gasteiger partial charge in [0.05, 0.1) is 18.6 Å². The third kappa shape index (κ3) is 8.05. The minimum Gasteiger partial charge on any atom is -0.507 e. The normalized spacial score (nSPS) is 12.1. The van der Waals surface area contributed by atoms with Crippen LogP contribution in [-0.2, 0) is 24.1 Å². The Morgan fingerprint density at radius 1 is 0.493 bits per heavy atom. The molecule has 7 heteroatoms. The summed E-state index contributed by atoms with van der Waals surface area (Å²) in [4.78, 5) is 14.8. The maximum Gasteiger partial charge on any atom is 0.132 e. The molecule has 1 radical (unpaired) electrons. The average molecular weight is 908 g/mol. The van der Waals surface area contributed by atoms with Crippen molar-refractivity contribution in [2.75, 3.05) is 6.54 Å². The summed E-state index contributed by atoms with van der Waals surface area (Å²) < 4.78 is 1.90. The molecule has 0 aliphatic heterocycles. The van der Waals surface area contributed by atoms with E-state index in [-0.39, 0.29) is 35.1 Å². The summed E-state index contributed by atoms with van der Waals surface area (Å²) in [6.45, 7) is 0.237. The van der Waals surface area contributed by atoms with Crippen molar-refractivity contribution >= 4 is 55.5 Å². The van der Waals surface area contributed by atoms with Crippen LogP contribution in [0.5, 0.6) is 11.5 Å². The van der Waals surface area contributed by atoms with Gasteiger partial charge in [-0.3, -0.25) is 9.98 Å². The molecule has 0 spiro atoms. The van der Waals surface area contributed by atoms with Crippen molar-refractivity contribution in [1.82, 2.24) is 9.55 Å². The van der Waals surface area contributed by atoms with E-state index in [2.05, 4.69) is 97.1 Å². The van der Waals surface area contributed by atoms with E-state index >= 15 is 0 Å². The standard InChI is InChI=1S/C60H44N4O2.Mn/c1-64-37-54(63-38-64)53(62-35-46-33-44-23-11-15-27-50(44)58(60(46)66)56-48-25-13-9-21-42(48)29-31-52(56)40-18-6-3-7-19-40)36-61-34-45-32-43-22-10-14-26-49(43)57(59(45)65)55-47-24-12-8-20-41(47)28-30-51(55)39-16-4-2-5-17-39;/h2-35,37-38,53,65-66H,36H2,1H3;/t53-;/m1./s1. The molecule has 0 fully saturated rings. The van der Waals surface area contributed by atoms with Crippen molar-refractivity contribution in [3.05, 3.63) is 223 Å². The summed E-state index contributed by atoms with van der Waals surface area (Å²) in [6.07, 6.45) is 7.21. The number of benzene rings is 10. The van der Waals surface area contributed by atoms with E-state index in [4.69, 9.17) is 15.0 Å². The molecule has 1 atom stereocenters. The van der Waals surface area contributed by atoms with Crippen molar-refractivity contribution in [1.29, 1.82) is 0 Å². The first-order chi connectivity index (χ1) is 32.5. The van der Waals surface area contributed by atoms with Crippen molar-refractivity contribution in [2.45, 2.75) is 6.04 Å². The zero-order chi connectivity index (χ0) is 44.6. The average Bonchev–Trinajstić information content (AvgIpc) is 3.81. The molecule has 10 aromatic carbocycles. The number of nitrogens with zero attached hydrogens (tertiary/aromatic N) is 4. The second-order valence-corrected chi connectivity index (χ2v) is 16.7. The maximum atomic E-state index is 12.5. The minimum atomic E-state index is -0.501. The van der Waals surface area contributed by atoms with Crippen molar-refractivity contribution < 1.29 is 27.3 Å². The monoisotopic (exact) mass is 907 g/mol. The number of aliphatic imine (C=N–C) groups is 2. The van der Waals surface area contributed by atoms with E-state index in [0.717, 1.165) is 93.3 Å². The van der Waals surface area contributed by atoms with E-state index in [1.165, 1.54) is 0 Å². The van der Waals surface area contributed by atoms with Crippen LogP contribution in [-0.4, -0.2) is 38.7 Å². The Morgan fingerprint density at radius 3 is 1.37 bits per heavy atom. The molecular weight excluding hydrogens is 864 g/mol. The number of aryl methyl sites for hydroxylation is 1. The van der Waals surface area contributed by atoms with Gasteiger partial charge in [-0.15, -0.1) is 0 Å². The fourth-order valence-corrected chi connectivity index (χ4v) is 9.46. The molecule has 2 N–H and O–H groups in total. The quantitative estimate of drug-likeness (QED) is 0.106. The fraction of sp³-hybridized carbons (Fsp3) is 0.0500. The summed E-state index contributed by atoms with van der Waals surface area (Å²) in [5.41, 5.74) is 9.54. The van der Waals surface area contributed by atoms with Gasteiger partial charge in [0.25, 0.3) is 0 Å². The van der Waals surface area contributed by atoms with Gasteiger partial charge < -0.3 is 14.8 Å². The summed E-state index contributed by atoms with van der Waals surface area (Å²) in [5, 5.41) is 33.1. The van der Waals surface area contributed by atoms with Crippen LogP contribution in [0.25, 0.3) is 87.6 Å². The summed E-state index contributed by atoms with van der Waals surface area (Å²) in [7, 11) is 1.93. The van der Waals surface area contributed by atoms with Gasteiger partial charge in [-0.2, -0.15) is 0 Å². The van der Waals surface area contributed by atoms with E-state index < -0.39 is 6.04 Å². The molecular formula is C60H44MnN4O2. The van der Waals surface area contributed by atoms with E-state index in [1.54, 1.807) is 18.8 Å². The Hall–Kier alpha value is -8.09. The summed E-state index contributed by atoms with van der Waals surface area (Å²) in [6, 6.07) is 65.8. The predicted octanol–water partition coefficient (Wildman–Crippen LogP) is 14.4. The molecule has 1 aromatic heterocycles. The van der Waals surface area contributed by atoms with Crippen LogP contribution in [0.4, 0.5) is 0 Å². The second kappa shape index (κ2) is 18.4. The zero-order valence-corrected chi connectivity index (χ0v) is 37.8. The Kier molecular flexibility index (Phi) is 11.8. The van der Waals surface area contributed by atoms with E-state index in [9.17, 15) is 10.2 Å². The predicted molar refractivity (Wildman–Crippen MR) is 274 cm³/mol. The van der Waals surface area contributed by atoms with Crippen LogP contribution >= 0.6 is 0 Å². The number of imidazole rings is 1.